The van der Waals surface area contributed by atoms with Crippen LogP contribution in [0.2, 0.25) is 0 Å². The van der Waals surface area contributed by atoms with Crippen molar-refractivity contribution < 1.29 is 9.90 Å². The summed E-state index contributed by atoms with van der Waals surface area (Å²) < 4.78 is 0. The number of carbonyl (C=O) groups excluding carboxylic acids is 1. The van der Waals surface area contributed by atoms with E-state index in [4.69, 9.17) is 0 Å². The maximum atomic E-state index is 10.1. The maximum absolute atomic E-state index is 10.1. The zero-order chi connectivity index (χ0) is 24.7. The van der Waals surface area contributed by atoms with E-state index in [1.807, 2.05) is 6.92 Å². The van der Waals surface area contributed by atoms with Gasteiger partial charge in [0.15, 0.2) is 0 Å². The molecule has 1 aromatic rings. The number of aryl methyl sites for hydroxylation is 1. The summed E-state index contributed by atoms with van der Waals surface area (Å²) in [6.45, 7) is 21.0. The average molecular weight is 459 g/mol. The molecule has 1 aliphatic rings. The SMILES string of the molecule is C.C=C(C)[C@@H]1CC[C@@H](C)C[C@H]1O.CC(C)=CCC[C@@H](C)CC=O.Cc1ccc(C(C)C)cc1. The highest BCUT2D eigenvalue weighted by atomic mass is 16.3. The van der Waals surface area contributed by atoms with E-state index in [9.17, 15) is 9.90 Å². The van der Waals surface area contributed by atoms with Gasteiger partial charge in [0.1, 0.15) is 6.29 Å². The third kappa shape index (κ3) is 16.6. The van der Waals surface area contributed by atoms with Gasteiger partial charge >= 0.3 is 0 Å². The summed E-state index contributed by atoms with van der Waals surface area (Å²) in [7, 11) is 0. The van der Waals surface area contributed by atoms with E-state index >= 15 is 0 Å². The van der Waals surface area contributed by atoms with Crippen molar-refractivity contribution in [1.29, 1.82) is 0 Å². The van der Waals surface area contributed by atoms with E-state index in [1.165, 1.54) is 23.1 Å². The fourth-order valence-electron chi connectivity index (χ4n) is 3.82. The smallest absolute Gasteiger partial charge is 0.120 e. The van der Waals surface area contributed by atoms with Crippen LogP contribution >= 0.6 is 0 Å². The summed E-state index contributed by atoms with van der Waals surface area (Å²) in [6, 6.07) is 8.71. The van der Waals surface area contributed by atoms with Crippen LogP contribution in [0.1, 0.15) is 111 Å². The van der Waals surface area contributed by atoms with Crippen molar-refractivity contribution in [2.75, 3.05) is 0 Å². The maximum Gasteiger partial charge on any atom is 0.120 e. The first-order valence-corrected chi connectivity index (χ1v) is 12.4. The highest BCUT2D eigenvalue weighted by Gasteiger charge is 2.26. The molecule has 0 amide bonds. The Bertz CT molecular complexity index is 665. The molecule has 0 unspecified atom stereocenters. The second-order valence-corrected chi connectivity index (χ2v) is 10.4. The molecule has 0 aliphatic heterocycles. The van der Waals surface area contributed by atoms with Crippen LogP contribution in [-0.2, 0) is 4.79 Å². The Morgan fingerprint density at radius 1 is 1.12 bits per heavy atom. The monoisotopic (exact) mass is 458 g/mol. The van der Waals surface area contributed by atoms with E-state index < -0.39 is 0 Å². The van der Waals surface area contributed by atoms with Crippen LogP contribution in [0.3, 0.4) is 0 Å². The van der Waals surface area contributed by atoms with Gasteiger partial charge in [-0.1, -0.05) is 88.8 Å². The molecule has 1 aromatic carbocycles. The molecule has 0 saturated heterocycles. The largest absolute Gasteiger partial charge is 0.392 e. The summed E-state index contributed by atoms with van der Waals surface area (Å²) in [5, 5.41) is 9.65. The Labute approximate surface area is 206 Å². The van der Waals surface area contributed by atoms with E-state index in [-0.39, 0.29) is 13.5 Å². The standard InChI is InChI=1S/2C10H18O.C10H14.CH4/c1-7(2)9-5-4-8(3)6-10(9)11;1-9(2)5-4-6-10(3)7-8-11;1-8(2)10-6-4-9(3)5-7-10;/h8-11H,1,4-6H2,2-3H3;5,8,10H,4,6-7H2,1-3H3;4-8H,1-3H3;1H4/t8-,9+,10-;10-;;/m11../s1. The molecule has 4 atom stereocenters. The number of hydrogen-bond donors (Lipinski definition) is 1. The molecule has 33 heavy (non-hydrogen) atoms. The van der Waals surface area contributed by atoms with E-state index in [0.29, 0.717) is 30.1 Å². The van der Waals surface area contributed by atoms with Crippen molar-refractivity contribution >= 4 is 6.29 Å². The van der Waals surface area contributed by atoms with E-state index in [0.717, 1.165) is 37.5 Å². The number of allylic oxidation sites excluding steroid dienone is 2. The lowest BCUT2D eigenvalue weighted by Gasteiger charge is -2.31. The van der Waals surface area contributed by atoms with Crippen LogP contribution < -0.4 is 0 Å². The average Bonchev–Trinajstić information content (AvgIpc) is 2.69. The minimum Gasteiger partial charge on any atom is -0.392 e. The van der Waals surface area contributed by atoms with Crippen LogP contribution in [0.4, 0.5) is 0 Å². The second-order valence-electron chi connectivity index (χ2n) is 10.4. The van der Waals surface area contributed by atoms with Gasteiger partial charge < -0.3 is 9.90 Å². The number of aldehydes is 1. The van der Waals surface area contributed by atoms with Crippen LogP contribution in [0.25, 0.3) is 0 Å². The summed E-state index contributed by atoms with van der Waals surface area (Å²) in [5.74, 6) is 2.26. The van der Waals surface area contributed by atoms with Crippen LogP contribution in [0.15, 0.2) is 48.1 Å². The molecule has 0 radical (unpaired) electrons. The predicted molar refractivity (Wildman–Crippen MR) is 148 cm³/mol. The number of aliphatic hydroxyl groups is 1. The number of aliphatic hydroxyl groups excluding tert-OH is 1. The highest BCUT2D eigenvalue weighted by Crippen LogP contribution is 2.32. The predicted octanol–water partition coefficient (Wildman–Crippen LogP) is 9.07. The fraction of sp³-hybridized carbons (Fsp3) is 0.645. The Balaban J connectivity index is 0. The zero-order valence-electron chi connectivity index (χ0n) is 22.2. The molecule has 1 aliphatic carbocycles. The Morgan fingerprint density at radius 3 is 2.12 bits per heavy atom. The first-order valence-electron chi connectivity index (χ1n) is 12.4. The molecular formula is C31H54O2. The molecule has 2 nitrogen and oxygen atoms in total. The molecule has 2 heteroatoms. The van der Waals surface area contributed by atoms with Gasteiger partial charge in [0.05, 0.1) is 6.10 Å². The summed E-state index contributed by atoms with van der Waals surface area (Å²) >= 11 is 0. The number of rotatable bonds is 7. The van der Waals surface area contributed by atoms with Gasteiger partial charge in [-0.25, -0.2) is 0 Å². The topological polar surface area (TPSA) is 37.3 Å². The quantitative estimate of drug-likeness (QED) is 0.327. The van der Waals surface area contributed by atoms with Crippen molar-refractivity contribution in [3.63, 3.8) is 0 Å². The molecule has 1 N–H and O–H groups in total. The summed E-state index contributed by atoms with van der Waals surface area (Å²) in [6.07, 6.45) is 9.37. The molecule has 2 rings (SSSR count). The van der Waals surface area contributed by atoms with Crippen LogP contribution in [0.5, 0.6) is 0 Å². The Hall–Kier alpha value is -1.67. The van der Waals surface area contributed by atoms with Crippen molar-refractivity contribution in [2.24, 2.45) is 17.8 Å². The highest BCUT2D eigenvalue weighted by molar-refractivity contribution is 5.49. The number of carbonyl (C=O) groups is 1. The summed E-state index contributed by atoms with van der Waals surface area (Å²) in [4.78, 5) is 10.1. The van der Waals surface area contributed by atoms with Gasteiger partial charge in [-0.15, -0.1) is 0 Å². The van der Waals surface area contributed by atoms with Crippen molar-refractivity contribution in [2.45, 2.75) is 113 Å². The van der Waals surface area contributed by atoms with Crippen molar-refractivity contribution in [3.8, 4) is 0 Å². The van der Waals surface area contributed by atoms with Gasteiger partial charge in [-0.05, 0) is 83.1 Å². The molecule has 0 bridgehead atoms. The summed E-state index contributed by atoms with van der Waals surface area (Å²) in [5.41, 5.74) is 5.27. The van der Waals surface area contributed by atoms with Gasteiger partial charge in [0.2, 0.25) is 0 Å². The van der Waals surface area contributed by atoms with Gasteiger partial charge in [0.25, 0.3) is 0 Å². The van der Waals surface area contributed by atoms with Crippen molar-refractivity contribution in [3.05, 3.63) is 59.2 Å². The van der Waals surface area contributed by atoms with Crippen molar-refractivity contribution in [1.82, 2.24) is 0 Å². The fourth-order valence-corrected chi connectivity index (χ4v) is 3.82. The van der Waals surface area contributed by atoms with Gasteiger partial charge in [0, 0.05) is 12.3 Å². The molecule has 0 spiro atoms. The third-order valence-corrected chi connectivity index (χ3v) is 6.17. The van der Waals surface area contributed by atoms with Crippen LogP contribution in [-0.4, -0.2) is 17.5 Å². The van der Waals surface area contributed by atoms with Gasteiger partial charge in [-0.3, -0.25) is 0 Å². The second kappa shape index (κ2) is 18.7. The lowest BCUT2D eigenvalue weighted by Crippen LogP contribution is -2.28. The lowest BCUT2D eigenvalue weighted by molar-refractivity contribution is -0.108. The van der Waals surface area contributed by atoms with Crippen LogP contribution in [0, 0.1) is 24.7 Å². The minimum atomic E-state index is -0.128. The van der Waals surface area contributed by atoms with E-state index in [1.54, 1.807) is 0 Å². The molecular weight excluding hydrogens is 404 g/mol. The third-order valence-electron chi connectivity index (χ3n) is 6.17. The minimum absolute atomic E-state index is 0. The van der Waals surface area contributed by atoms with Gasteiger partial charge in [-0.2, -0.15) is 0 Å². The zero-order valence-corrected chi connectivity index (χ0v) is 22.2. The molecule has 1 saturated carbocycles. The Morgan fingerprint density at radius 2 is 1.70 bits per heavy atom. The lowest BCUT2D eigenvalue weighted by atomic mass is 9.78. The molecule has 0 heterocycles. The Kier molecular flexibility index (Phi) is 19.0. The molecule has 190 valence electrons. The first-order chi connectivity index (χ1) is 15.0. The van der Waals surface area contributed by atoms with E-state index in [2.05, 4.69) is 85.4 Å². The number of hydrogen-bond acceptors (Lipinski definition) is 2. The normalized spacial score (nSPS) is 20.1. The number of benzene rings is 1. The molecule has 1 fully saturated rings. The molecule has 0 aromatic heterocycles. The first kappa shape index (κ1) is 33.5.